The molecule has 1 atom stereocenters. The van der Waals surface area contributed by atoms with Crippen molar-refractivity contribution in [1.29, 1.82) is 0 Å². The van der Waals surface area contributed by atoms with Crippen LogP contribution in [0.4, 0.5) is 13.2 Å². The van der Waals surface area contributed by atoms with Gasteiger partial charge in [0.15, 0.2) is 0 Å². The SMILES string of the molecule is COC(=O)c1ccc(S(=O)(=O)N2CCCC(CCN)C2)cc1C(F)(F)F. The van der Waals surface area contributed by atoms with Gasteiger partial charge in [0.05, 0.1) is 23.1 Å². The summed E-state index contributed by atoms with van der Waals surface area (Å²) in [6.45, 7) is 0.883. The molecule has 2 N–H and O–H groups in total. The lowest BCUT2D eigenvalue weighted by Crippen LogP contribution is -2.40. The van der Waals surface area contributed by atoms with Crippen molar-refractivity contribution in [1.82, 2.24) is 4.31 Å². The Morgan fingerprint density at radius 1 is 1.38 bits per heavy atom. The number of rotatable bonds is 5. The van der Waals surface area contributed by atoms with E-state index in [1.54, 1.807) is 0 Å². The molecule has 0 saturated carbocycles. The second-order valence-corrected chi connectivity index (χ2v) is 8.08. The third-order valence-electron chi connectivity index (χ3n) is 4.40. The molecule has 1 fully saturated rings. The number of methoxy groups -OCH3 is 1. The van der Waals surface area contributed by atoms with E-state index in [9.17, 15) is 26.4 Å². The molecule has 2 rings (SSSR count). The summed E-state index contributed by atoms with van der Waals surface area (Å²) in [6.07, 6.45) is -2.78. The highest BCUT2D eigenvalue weighted by Gasteiger charge is 2.38. The topological polar surface area (TPSA) is 89.7 Å². The molecule has 0 amide bonds. The van der Waals surface area contributed by atoms with Gasteiger partial charge in [0.1, 0.15) is 0 Å². The average Bonchev–Trinajstić information content (AvgIpc) is 2.60. The lowest BCUT2D eigenvalue weighted by molar-refractivity contribution is -0.138. The van der Waals surface area contributed by atoms with Crippen LogP contribution in [0.5, 0.6) is 0 Å². The Morgan fingerprint density at radius 2 is 2.08 bits per heavy atom. The fraction of sp³-hybridized carbons (Fsp3) is 0.562. The number of hydrogen-bond donors (Lipinski definition) is 1. The van der Waals surface area contributed by atoms with Crippen LogP contribution in [0, 0.1) is 5.92 Å². The molecule has 146 valence electrons. The third kappa shape index (κ3) is 4.36. The monoisotopic (exact) mass is 394 g/mol. The number of nitrogens with zero attached hydrogens (tertiary/aromatic N) is 1. The Balaban J connectivity index is 2.42. The summed E-state index contributed by atoms with van der Waals surface area (Å²) in [7, 11) is -3.15. The highest BCUT2D eigenvalue weighted by Crippen LogP contribution is 2.35. The zero-order chi connectivity index (χ0) is 19.5. The summed E-state index contributed by atoms with van der Waals surface area (Å²) < 4.78 is 70.9. The van der Waals surface area contributed by atoms with E-state index in [4.69, 9.17) is 5.73 Å². The predicted octanol–water partition coefficient (Wildman–Crippen LogP) is 2.24. The molecule has 26 heavy (non-hydrogen) atoms. The van der Waals surface area contributed by atoms with Crippen molar-refractivity contribution in [3.05, 3.63) is 29.3 Å². The second-order valence-electron chi connectivity index (χ2n) is 6.15. The maximum absolute atomic E-state index is 13.3. The van der Waals surface area contributed by atoms with Crippen molar-refractivity contribution < 1.29 is 31.1 Å². The van der Waals surface area contributed by atoms with Crippen LogP contribution in [0.2, 0.25) is 0 Å². The van der Waals surface area contributed by atoms with Gasteiger partial charge in [-0.15, -0.1) is 0 Å². The van der Waals surface area contributed by atoms with Gasteiger partial charge in [-0.3, -0.25) is 0 Å². The highest BCUT2D eigenvalue weighted by molar-refractivity contribution is 7.89. The van der Waals surface area contributed by atoms with Crippen LogP contribution in [-0.4, -0.2) is 45.4 Å². The van der Waals surface area contributed by atoms with Crippen LogP contribution in [-0.2, 0) is 20.9 Å². The molecule has 1 aromatic rings. The first-order valence-electron chi connectivity index (χ1n) is 8.11. The van der Waals surface area contributed by atoms with Crippen LogP contribution < -0.4 is 5.73 Å². The number of sulfonamides is 1. The molecular formula is C16H21F3N2O4S. The Morgan fingerprint density at radius 3 is 2.65 bits per heavy atom. The number of carbonyl (C=O) groups is 1. The van der Waals surface area contributed by atoms with Crippen molar-refractivity contribution in [2.24, 2.45) is 11.7 Å². The lowest BCUT2D eigenvalue weighted by Gasteiger charge is -2.32. The van der Waals surface area contributed by atoms with Crippen LogP contribution in [0.15, 0.2) is 23.1 Å². The van der Waals surface area contributed by atoms with E-state index in [0.717, 1.165) is 25.7 Å². The molecule has 0 radical (unpaired) electrons. The molecular weight excluding hydrogens is 373 g/mol. The minimum atomic E-state index is -4.89. The number of hydrogen-bond acceptors (Lipinski definition) is 5. The first kappa shape index (κ1) is 20.7. The summed E-state index contributed by atoms with van der Waals surface area (Å²) in [5, 5.41) is 0. The summed E-state index contributed by atoms with van der Waals surface area (Å²) in [5.41, 5.74) is 3.46. The van der Waals surface area contributed by atoms with Crippen molar-refractivity contribution in [3.63, 3.8) is 0 Å². The number of carbonyl (C=O) groups excluding carboxylic acids is 1. The summed E-state index contributed by atoms with van der Waals surface area (Å²) in [5.74, 6) is -1.10. The number of ether oxygens (including phenoxy) is 1. The van der Waals surface area contributed by atoms with E-state index >= 15 is 0 Å². The summed E-state index contributed by atoms with van der Waals surface area (Å²) >= 11 is 0. The van der Waals surface area contributed by atoms with E-state index in [0.29, 0.717) is 25.5 Å². The molecule has 1 saturated heterocycles. The molecule has 10 heteroatoms. The quantitative estimate of drug-likeness (QED) is 0.774. The molecule has 1 aliphatic heterocycles. The Bertz CT molecular complexity index is 763. The van der Waals surface area contributed by atoms with Crippen LogP contribution in [0.3, 0.4) is 0 Å². The Labute approximate surface area is 150 Å². The maximum atomic E-state index is 13.3. The average molecular weight is 394 g/mol. The van der Waals surface area contributed by atoms with Gasteiger partial charge < -0.3 is 10.5 Å². The van der Waals surface area contributed by atoms with Crippen molar-refractivity contribution in [3.8, 4) is 0 Å². The van der Waals surface area contributed by atoms with E-state index in [-0.39, 0.29) is 19.0 Å². The minimum absolute atomic E-state index is 0.0833. The van der Waals surface area contributed by atoms with Gasteiger partial charge in [0.2, 0.25) is 10.0 Å². The van der Waals surface area contributed by atoms with Crippen LogP contribution >= 0.6 is 0 Å². The minimum Gasteiger partial charge on any atom is -0.465 e. The van der Waals surface area contributed by atoms with Crippen LogP contribution in [0.25, 0.3) is 0 Å². The number of nitrogens with two attached hydrogens (primary N) is 1. The number of benzene rings is 1. The van der Waals surface area contributed by atoms with Gasteiger partial charge in [-0.1, -0.05) is 0 Å². The zero-order valence-corrected chi connectivity index (χ0v) is 15.1. The molecule has 0 bridgehead atoms. The zero-order valence-electron chi connectivity index (χ0n) is 14.3. The molecule has 0 spiro atoms. The van der Waals surface area contributed by atoms with Gasteiger partial charge >= 0.3 is 12.1 Å². The Hall–Kier alpha value is -1.65. The standard InChI is InChI=1S/C16H21F3N2O4S/c1-25-15(22)13-5-4-12(9-14(13)16(17,18)19)26(23,24)21-8-2-3-11(10-21)6-7-20/h4-5,9,11H,2-3,6-8,10,20H2,1H3. The second kappa shape index (κ2) is 7.93. The highest BCUT2D eigenvalue weighted by atomic mass is 32.2. The molecule has 1 unspecified atom stereocenters. The molecule has 1 aliphatic rings. The third-order valence-corrected chi connectivity index (χ3v) is 6.26. The molecule has 1 aromatic carbocycles. The molecule has 0 aromatic heterocycles. The number of piperidine rings is 1. The van der Waals surface area contributed by atoms with Gasteiger partial charge in [0.25, 0.3) is 0 Å². The van der Waals surface area contributed by atoms with E-state index in [1.165, 1.54) is 4.31 Å². The van der Waals surface area contributed by atoms with Gasteiger partial charge in [-0.05, 0) is 49.9 Å². The van der Waals surface area contributed by atoms with Crippen molar-refractivity contribution in [2.45, 2.75) is 30.3 Å². The maximum Gasteiger partial charge on any atom is 0.417 e. The summed E-state index contributed by atoms with van der Waals surface area (Å²) in [4.78, 5) is 11.1. The first-order chi connectivity index (χ1) is 12.1. The molecule has 1 heterocycles. The van der Waals surface area contributed by atoms with E-state index in [1.807, 2.05) is 0 Å². The van der Waals surface area contributed by atoms with Gasteiger partial charge in [-0.2, -0.15) is 17.5 Å². The van der Waals surface area contributed by atoms with Crippen molar-refractivity contribution >= 4 is 16.0 Å². The number of halogens is 3. The molecule has 6 nitrogen and oxygen atoms in total. The van der Waals surface area contributed by atoms with Crippen molar-refractivity contribution in [2.75, 3.05) is 26.7 Å². The first-order valence-corrected chi connectivity index (χ1v) is 9.55. The summed E-state index contributed by atoms with van der Waals surface area (Å²) in [6, 6.07) is 2.33. The fourth-order valence-corrected chi connectivity index (χ4v) is 4.65. The number of alkyl halides is 3. The van der Waals surface area contributed by atoms with Gasteiger partial charge in [-0.25, -0.2) is 13.2 Å². The normalized spacial score (nSPS) is 19.3. The van der Waals surface area contributed by atoms with E-state index < -0.39 is 38.2 Å². The fourth-order valence-electron chi connectivity index (χ4n) is 3.07. The van der Waals surface area contributed by atoms with E-state index in [2.05, 4.69) is 4.74 Å². The predicted molar refractivity (Wildman–Crippen MR) is 87.9 cm³/mol. The lowest BCUT2D eigenvalue weighted by atomic mass is 9.96. The number of esters is 1. The molecule has 0 aliphatic carbocycles. The van der Waals surface area contributed by atoms with Gasteiger partial charge in [0, 0.05) is 13.1 Å². The largest absolute Gasteiger partial charge is 0.465 e. The Kier molecular flexibility index (Phi) is 6.30. The van der Waals surface area contributed by atoms with Crippen LogP contribution in [0.1, 0.15) is 35.2 Å². The smallest absolute Gasteiger partial charge is 0.417 e.